The summed E-state index contributed by atoms with van der Waals surface area (Å²) in [4.78, 5) is 11.9. The Morgan fingerprint density at radius 2 is 2.17 bits per heavy atom. The molecule has 4 nitrogen and oxygen atoms in total. The molecule has 0 saturated carbocycles. The van der Waals surface area contributed by atoms with Gasteiger partial charge in [-0.05, 0) is 25.0 Å². The van der Waals surface area contributed by atoms with E-state index in [2.05, 4.69) is 23.1 Å². The van der Waals surface area contributed by atoms with Crippen LogP contribution in [0.1, 0.15) is 29.6 Å². The second-order valence-corrected chi connectivity index (χ2v) is 4.27. The van der Waals surface area contributed by atoms with E-state index >= 15 is 0 Å². The van der Waals surface area contributed by atoms with Crippen LogP contribution in [0.3, 0.4) is 0 Å². The highest BCUT2D eigenvalue weighted by Crippen LogP contribution is 2.21. The van der Waals surface area contributed by atoms with Crippen molar-refractivity contribution in [2.24, 2.45) is 0 Å². The van der Waals surface area contributed by atoms with Crippen molar-refractivity contribution in [3.05, 3.63) is 41.9 Å². The summed E-state index contributed by atoms with van der Waals surface area (Å²) in [6.07, 6.45) is 2.01. The minimum Gasteiger partial charge on any atom is -0.405 e. The van der Waals surface area contributed by atoms with Crippen LogP contribution in [-0.4, -0.2) is 12.9 Å². The highest BCUT2D eigenvalue weighted by atomic mass is 16.1. The van der Waals surface area contributed by atoms with Gasteiger partial charge in [-0.1, -0.05) is 17.6 Å². The molecule has 0 aromatic heterocycles. The van der Waals surface area contributed by atoms with E-state index in [1.807, 2.05) is 18.2 Å². The van der Waals surface area contributed by atoms with Crippen LogP contribution in [0.15, 0.2) is 36.3 Å². The number of nitrogens with one attached hydrogen (secondary N) is 2. The molecular formula is C13H14BN3O. The number of para-hydroxylation sites is 1. The Hall–Kier alpha value is -2.22. The molecule has 0 spiro atoms. The first-order chi connectivity index (χ1) is 8.72. The predicted molar refractivity (Wildman–Crippen MR) is 71.9 cm³/mol. The Balaban J connectivity index is 2.05. The lowest BCUT2D eigenvalue weighted by molar-refractivity contribution is 0.0978. The fourth-order valence-electron chi connectivity index (χ4n) is 1.95. The summed E-state index contributed by atoms with van der Waals surface area (Å²) in [5, 5.41) is 14.6. The van der Waals surface area contributed by atoms with E-state index in [9.17, 15) is 4.79 Å². The number of carbonyl (C=O) groups excluding carboxylic acids is 1. The van der Waals surface area contributed by atoms with Gasteiger partial charge in [-0.2, -0.15) is 5.26 Å². The maximum atomic E-state index is 11.9. The molecule has 0 atom stereocenters. The van der Waals surface area contributed by atoms with E-state index in [4.69, 9.17) is 5.26 Å². The lowest BCUT2D eigenvalue weighted by atomic mass is 9.64. The number of hydrogen-bond acceptors (Lipinski definition) is 3. The average Bonchev–Trinajstić information content (AvgIpc) is 2.39. The molecule has 1 amide bonds. The summed E-state index contributed by atoms with van der Waals surface area (Å²) in [6, 6.07) is 9.49. The number of nitrogens with zero attached hydrogens (tertiary/aromatic N) is 1. The van der Waals surface area contributed by atoms with E-state index in [1.54, 1.807) is 6.07 Å². The molecule has 1 heterocycles. The van der Waals surface area contributed by atoms with Gasteiger partial charge in [0, 0.05) is 12.1 Å². The van der Waals surface area contributed by atoms with Gasteiger partial charge in [-0.15, -0.1) is 6.58 Å². The second-order valence-electron chi connectivity index (χ2n) is 4.27. The number of benzene rings is 1. The zero-order valence-electron chi connectivity index (χ0n) is 10.1. The molecule has 2 N–H and O–H groups in total. The van der Waals surface area contributed by atoms with Gasteiger partial charge in [0.2, 0.25) is 5.91 Å². The SMILES string of the molecule is C=C(CCCC#N)B1NC(=O)c2ccccc2N1. The zero-order valence-corrected chi connectivity index (χ0v) is 10.1. The van der Waals surface area contributed by atoms with Crippen LogP contribution < -0.4 is 10.5 Å². The van der Waals surface area contributed by atoms with Crippen molar-refractivity contribution in [2.45, 2.75) is 19.3 Å². The summed E-state index contributed by atoms with van der Waals surface area (Å²) < 4.78 is 0. The third kappa shape index (κ3) is 2.54. The van der Waals surface area contributed by atoms with Gasteiger partial charge in [0.05, 0.1) is 11.6 Å². The molecule has 1 aromatic rings. The van der Waals surface area contributed by atoms with Crippen LogP contribution in [0, 0.1) is 11.3 Å². The van der Waals surface area contributed by atoms with Crippen LogP contribution >= 0.6 is 0 Å². The minimum atomic E-state index is -0.244. The van der Waals surface area contributed by atoms with Gasteiger partial charge in [-0.3, -0.25) is 4.79 Å². The largest absolute Gasteiger partial charge is 0.405 e. The maximum Gasteiger partial charge on any atom is 0.403 e. The summed E-state index contributed by atoms with van der Waals surface area (Å²) in [6.45, 7) is 3.73. The van der Waals surface area contributed by atoms with E-state index in [0.717, 1.165) is 24.0 Å². The molecule has 1 aliphatic rings. The highest BCUT2D eigenvalue weighted by molar-refractivity contribution is 6.71. The zero-order chi connectivity index (χ0) is 13.0. The molecule has 0 bridgehead atoms. The molecule has 1 aromatic carbocycles. The van der Waals surface area contributed by atoms with Gasteiger partial charge in [0.1, 0.15) is 0 Å². The number of carbonyl (C=O) groups is 1. The molecule has 5 heteroatoms. The van der Waals surface area contributed by atoms with Crippen LogP contribution in [0.4, 0.5) is 5.69 Å². The molecule has 18 heavy (non-hydrogen) atoms. The Kier molecular flexibility index (Phi) is 3.68. The maximum absolute atomic E-state index is 11.9. The van der Waals surface area contributed by atoms with E-state index in [1.165, 1.54) is 0 Å². The standard InChI is InChI=1S/C13H14BN3O/c1-10(6-4-5-9-15)14-16-12-8-3-2-7-11(12)13(18)17-14/h2-3,7-8,16H,1,4-6H2,(H,17,18). The van der Waals surface area contributed by atoms with Crippen molar-refractivity contribution in [2.75, 3.05) is 5.23 Å². The highest BCUT2D eigenvalue weighted by Gasteiger charge is 2.28. The average molecular weight is 239 g/mol. The number of hydrogen-bond donors (Lipinski definition) is 2. The predicted octanol–water partition coefficient (Wildman–Crippen LogP) is 2.12. The van der Waals surface area contributed by atoms with Crippen LogP contribution in [-0.2, 0) is 0 Å². The topological polar surface area (TPSA) is 64.9 Å². The smallest absolute Gasteiger partial charge is 0.403 e. The lowest BCUT2D eigenvalue weighted by Crippen LogP contribution is -2.50. The number of fused-ring (bicyclic) bond motifs is 1. The third-order valence-corrected chi connectivity index (χ3v) is 2.94. The molecule has 0 fully saturated rings. The first kappa shape index (κ1) is 12.2. The summed E-state index contributed by atoms with van der Waals surface area (Å²) in [7, 11) is 0. The van der Waals surface area contributed by atoms with Crippen LogP contribution in [0.25, 0.3) is 0 Å². The summed E-state index contributed by atoms with van der Waals surface area (Å²) in [5.74, 6) is -0.0872. The first-order valence-electron chi connectivity index (χ1n) is 5.93. The van der Waals surface area contributed by atoms with Gasteiger partial charge >= 0.3 is 6.98 Å². The molecule has 1 aliphatic heterocycles. The number of anilines is 1. The van der Waals surface area contributed by atoms with Crippen molar-refractivity contribution >= 4 is 18.6 Å². The Morgan fingerprint density at radius 3 is 2.94 bits per heavy atom. The number of rotatable bonds is 4. The van der Waals surface area contributed by atoms with E-state index < -0.39 is 0 Å². The van der Waals surface area contributed by atoms with Gasteiger partial charge in [-0.25, -0.2) is 0 Å². The Morgan fingerprint density at radius 1 is 1.39 bits per heavy atom. The van der Waals surface area contributed by atoms with Crippen LogP contribution in [0.5, 0.6) is 0 Å². The molecule has 0 aliphatic carbocycles. The third-order valence-electron chi connectivity index (χ3n) is 2.94. The number of nitriles is 1. The van der Waals surface area contributed by atoms with E-state index in [-0.39, 0.29) is 12.9 Å². The van der Waals surface area contributed by atoms with Gasteiger partial charge < -0.3 is 10.5 Å². The van der Waals surface area contributed by atoms with E-state index in [0.29, 0.717) is 12.0 Å². The van der Waals surface area contributed by atoms with Gasteiger partial charge in [0.25, 0.3) is 0 Å². The molecule has 0 unspecified atom stereocenters. The molecule has 2 rings (SSSR count). The van der Waals surface area contributed by atoms with Crippen LogP contribution in [0.2, 0.25) is 0 Å². The van der Waals surface area contributed by atoms with Crippen molar-refractivity contribution in [1.29, 1.82) is 5.26 Å². The molecule has 90 valence electrons. The van der Waals surface area contributed by atoms with Gasteiger partial charge in [0.15, 0.2) is 0 Å². The monoisotopic (exact) mass is 239 g/mol. The van der Waals surface area contributed by atoms with Crippen molar-refractivity contribution in [1.82, 2.24) is 5.23 Å². The van der Waals surface area contributed by atoms with Crippen molar-refractivity contribution < 1.29 is 4.79 Å². The lowest BCUT2D eigenvalue weighted by Gasteiger charge is -2.25. The molecule has 0 saturated heterocycles. The quantitative estimate of drug-likeness (QED) is 0.624. The second kappa shape index (κ2) is 5.41. The van der Waals surface area contributed by atoms with Crippen molar-refractivity contribution in [3.63, 3.8) is 0 Å². The van der Waals surface area contributed by atoms with Crippen molar-refractivity contribution in [3.8, 4) is 6.07 Å². The number of allylic oxidation sites excluding steroid dienone is 1. The summed E-state index contributed by atoms with van der Waals surface area (Å²) >= 11 is 0. The fraction of sp³-hybridized carbons (Fsp3) is 0.231. The number of unbranched alkanes of at least 4 members (excludes halogenated alkanes) is 1. The molecular weight excluding hydrogens is 225 g/mol. The number of amides is 1. The molecule has 0 radical (unpaired) electrons. The Labute approximate surface area is 107 Å². The Bertz CT molecular complexity index is 521. The first-order valence-corrected chi connectivity index (χ1v) is 5.93. The minimum absolute atomic E-state index is 0.0872. The summed E-state index contributed by atoms with van der Waals surface area (Å²) in [5.41, 5.74) is 2.37. The fourth-order valence-corrected chi connectivity index (χ4v) is 1.95. The normalized spacial score (nSPS) is 13.1.